The van der Waals surface area contributed by atoms with Gasteiger partial charge in [-0.3, -0.25) is 4.79 Å². The maximum Gasteiger partial charge on any atom is 0.333 e. The van der Waals surface area contributed by atoms with Crippen LogP contribution in [-0.4, -0.2) is 49.3 Å². The third-order valence-corrected chi connectivity index (χ3v) is 3.73. The summed E-state index contributed by atoms with van der Waals surface area (Å²) in [4.78, 5) is 23.7. The zero-order valence-corrected chi connectivity index (χ0v) is 16.9. The van der Waals surface area contributed by atoms with Gasteiger partial charge in [-0.25, -0.2) is 4.79 Å². The van der Waals surface area contributed by atoms with Crippen LogP contribution in [0.2, 0.25) is 0 Å². The minimum atomic E-state index is -0.795. The molecule has 0 aromatic heterocycles. The zero-order chi connectivity index (χ0) is 19.8. The van der Waals surface area contributed by atoms with Gasteiger partial charge in [0.05, 0.1) is 0 Å². The van der Waals surface area contributed by atoms with E-state index in [-0.39, 0.29) is 35.8 Å². The highest BCUT2D eigenvalue weighted by Crippen LogP contribution is 2.39. The maximum atomic E-state index is 12.5. The lowest BCUT2D eigenvalue weighted by molar-refractivity contribution is -0.141. The van der Waals surface area contributed by atoms with Crippen LogP contribution in [0.4, 0.5) is 0 Å². The fraction of sp³-hybridized carbons (Fsp3) is 0.789. The fourth-order valence-electron chi connectivity index (χ4n) is 3.08. The summed E-state index contributed by atoms with van der Waals surface area (Å²) in [6.07, 6.45) is -0.795. The van der Waals surface area contributed by atoms with E-state index in [1.807, 2.05) is 0 Å². The molecule has 0 spiro atoms. The van der Waals surface area contributed by atoms with Crippen molar-refractivity contribution in [3.8, 4) is 0 Å². The molecule has 6 nitrogen and oxygen atoms in total. The van der Waals surface area contributed by atoms with Crippen LogP contribution in [0.15, 0.2) is 12.2 Å². The normalized spacial score (nSPS) is 13.5. The number of carbonyl (C=O) groups is 2. The van der Waals surface area contributed by atoms with Crippen molar-refractivity contribution in [1.29, 1.82) is 0 Å². The van der Waals surface area contributed by atoms with Gasteiger partial charge >= 0.3 is 5.97 Å². The second kappa shape index (κ2) is 9.92. The molecule has 0 saturated heterocycles. The van der Waals surface area contributed by atoms with E-state index in [1.54, 1.807) is 6.92 Å². The molecular weight excluding hydrogens is 320 g/mol. The second-order valence-electron chi connectivity index (χ2n) is 8.69. The number of aliphatic hydroxyl groups excluding tert-OH is 1. The van der Waals surface area contributed by atoms with Crippen LogP contribution in [0.3, 0.4) is 0 Å². The first-order valence-electron chi connectivity index (χ1n) is 8.76. The largest absolute Gasteiger partial charge is 0.460 e. The number of amides is 1. The lowest BCUT2D eigenvalue weighted by Gasteiger charge is -2.39. The highest BCUT2D eigenvalue weighted by molar-refractivity contribution is 5.86. The van der Waals surface area contributed by atoms with E-state index in [9.17, 15) is 14.7 Å². The Morgan fingerprint density at radius 2 is 1.60 bits per heavy atom. The molecule has 1 unspecified atom stereocenters. The minimum Gasteiger partial charge on any atom is -0.460 e. The third kappa shape index (κ3) is 9.60. The molecule has 0 aliphatic heterocycles. The van der Waals surface area contributed by atoms with Crippen molar-refractivity contribution in [1.82, 2.24) is 10.6 Å². The molecule has 0 radical (unpaired) electrons. The number of aliphatic hydroxyl groups is 1. The number of hydrogen-bond acceptors (Lipinski definition) is 5. The SMILES string of the molecule is C=C(C)C(=O)OCC(O)CNCCNC(=O)C(C(C)(C)C)C(C)(C)C. The molecule has 1 atom stereocenters. The topological polar surface area (TPSA) is 87.7 Å². The van der Waals surface area contributed by atoms with Gasteiger partial charge in [-0.15, -0.1) is 0 Å². The van der Waals surface area contributed by atoms with Crippen molar-refractivity contribution in [2.24, 2.45) is 16.7 Å². The van der Waals surface area contributed by atoms with E-state index in [2.05, 4.69) is 58.8 Å². The fourth-order valence-corrected chi connectivity index (χ4v) is 3.08. The molecule has 3 N–H and O–H groups in total. The summed E-state index contributed by atoms with van der Waals surface area (Å²) >= 11 is 0. The number of hydrogen-bond donors (Lipinski definition) is 3. The Labute approximate surface area is 152 Å². The van der Waals surface area contributed by atoms with Gasteiger partial charge in [0.15, 0.2) is 0 Å². The Balaban J connectivity index is 4.13. The molecule has 0 aliphatic carbocycles. The molecular formula is C19H36N2O4. The minimum absolute atomic E-state index is 0.0396. The van der Waals surface area contributed by atoms with Crippen molar-refractivity contribution in [2.75, 3.05) is 26.2 Å². The molecule has 0 aromatic rings. The maximum absolute atomic E-state index is 12.5. The smallest absolute Gasteiger partial charge is 0.333 e. The van der Waals surface area contributed by atoms with Gasteiger partial charge in [-0.2, -0.15) is 0 Å². The number of esters is 1. The first kappa shape index (κ1) is 23.6. The van der Waals surface area contributed by atoms with Gasteiger partial charge in [0.25, 0.3) is 0 Å². The highest BCUT2D eigenvalue weighted by Gasteiger charge is 2.40. The van der Waals surface area contributed by atoms with Gasteiger partial charge in [0.1, 0.15) is 12.7 Å². The van der Waals surface area contributed by atoms with Crippen LogP contribution < -0.4 is 10.6 Å². The Kier molecular flexibility index (Phi) is 9.37. The summed E-state index contributed by atoms with van der Waals surface area (Å²) in [7, 11) is 0. The third-order valence-electron chi connectivity index (χ3n) is 3.73. The Morgan fingerprint density at radius 1 is 1.08 bits per heavy atom. The van der Waals surface area contributed by atoms with Crippen LogP contribution in [0.25, 0.3) is 0 Å². The van der Waals surface area contributed by atoms with E-state index in [4.69, 9.17) is 4.74 Å². The monoisotopic (exact) mass is 356 g/mol. The quantitative estimate of drug-likeness (QED) is 0.333. The van der Waals surface area contributed by atoms with E-state index < -0.39 is 12.1 Å². The predicted octanol–water partition coefficient (Wildman–Crippen LogP) is 1.88. The van der Waals surface area contributed by atoms with Gasteiger partial charge in [0, 0.05) is 31.1 Å². The Hall–Kier alpha value is -1.40. The second-order valence-corrected chi connectivity index (χ2v) is 8.69. The van der Waals surface area contributed by atoms with E-state index in [0.29, 0.717) is 18.7 Å². The average Bonchev–Trinajstić information content (AvgIpc) is 2.40. The first-order valence-corrected chi connectivity index (χ1v) is 8.76. The standard InChI is InChI=1S/C19H36N2O4/c1-13(2)17(24)25-12-14(22)11-20-9-10-21-16(23)15(18(3,4)5)19(6,7)8/h14-15,20,22H,1,9-12H2,2-8H3,(H,21,23). The van der Waals surface area contributed by atoms with E-state index in [1.165, 1.54) is 0 Å². The molecule has 1 amide bonds. The van der Waals surface area contributed by atoms with Crippen LogP contribution in [0.5, 0.6) is 0 Å². The van der Waals surface area contributed by atoms with Crippen LogP contribution >= 0.6 is 0 Å². The zero-order valence-electron chi connectivity index (χ0n) is 16.9. The van der Waals surface area contributed by atoms with Gasteiger partial charge in [-0.05, 0) is 17.8 Å². The molecule has 6 heteroatoms. The van der Waals surface area contributed by atoms with Crippen molar-refractivity contribution < 1.29 is 19.4 Å². The number of carbonyl (C=O) groups excluding carboxylic acids is 2. The molecule has 0 rings (SSSR count). The van der Waals surface area contributed by atoms with Gasteiger partial charge in [-0.1, -0.05) is 48.1 Å². The summed E-state index contributed by atoms with van der Waals surface area (Å²) < 4.78 is 4.87. The Morgan fingerprint density at radius 3 is 2.04 bits per heavy atom. The first-order chi connectivity index (χ1) is 11.3. The molecule has 0 bridgehead atoms. The molecule has 0 heterocycles. The molecule has 0 aromatic carbocycles. The number of rotatable bonds is 9. The molecule has 0 aliphatic rings. The molecule has 0 fully saturated rings. The Bertz CT molecular complexity index is 447. The van der Waals surface area contributed by atoms with Gasteiger partial charge in [0.2, 0.25) is 5.91 Å². The average molecular weight is 357 g/mol. The number of ether oxygens (including phenoxy) is 1. The molecule has 0 saturated carbocycles. The molecule has 146 valence electrons. The summed E-state index contributed by atoms with van der Waals surface area (Å²) in [5.74, 6) is -0.577. The van der Waals surface area contributed by atoms with E-state index in [0.717, 1.165) is 0 Å². The summed E-state index contributed by atoms with van der Waals surface area (Å²) in [6.45, 7) is 18.7. The van der Waals surface area contributed by atoms with Crippen molar-refractivity contribution in [3.63, 3.8) is 0 Å². The van der Waals surface area contributed by atoms with Crippen molar-refractivity contribution in [3.05, 3.63) is 12.2 Å². The van der Waals surface area contributed by atoms with Crippen LogP contribution in [0, 0.1) is 16.7 Å². The van der Waals surface area contributed by atoms with Gasteiger partial charge < -0.3 is 20.5 Å². The van der Waals surface area contributed by atoms with Crippen LogP contribution in [-0.2, 0) is 14.3 Å². The highest BCUT2D eigenvalue weighted by atomic mass is 16.5. The summed E-state index contributed by atoms with van der Waals surface area (Å²) in [5.41, 5.74) is 0.0493. The molecule has 25 heavy (non-hydrogen) atoms. The lowest BCUT2D eigenvalue weighted by atomic mass is 9.66. The van der Waals surface area contributed by atoms with Crippen molar-refractivity contribution in [2.45, 2.75) is 54.6 Å². The summed E-state index contributed by atoms with van der Waals surface area (Å²) in [5, 5.41) is 15.7. The van der Waals surface area contributed by atoms with E-state index >= 15 is 0 Å². The summed E-state index contributed by atoms with van der Waals surface area (Å²) in [6, 6.07) is 0. The van der Waals surface area contributed by atoms with Crippen LogP contribution in [0.1, 0.15) is 48.5 Å². The number of nitrogens with one attached hydrogen (secondary N) is 2. The predicted molar refractivity (Wildman–Crippen MR) is 100 cm³/mol. The lowest BCUT2D eigenvalue weighted by Crippen LogP contribution is -2.46. The van der Waals surface area contributed by atoms with Crippen molar-refractivity contribution >= 4 is 11.9 Å².